The molecule has 1 aromatic carbocycles. The van der Waals surface area contributed by atoms with Crippen molar-refractivity contribution in [2.45, 2.75) is 19.4 Å². The second-order valence-electron chi connectivity index (χ2n) is 4.73. The number of hydrogen-bond acceptors (Lipinski definition) is 4. The molecule has 5 nitrogen and oxygen atoms in total. The number of pyridine rings is 1. The Morgan fingerprint density at radius 3 is 2.89 bits per heavy atom. The smallest absolute Gasteiger partial charge is 0.136 e. The van der Waals surface area contributed by atoms with Gasteiger partial charge in [-0.15, -0.1) is 0 Å². The molecule has 2 aromatic rings. The fraction of sp³-hybridized carbons (Fsp3) is 0.286. The standard InChI is InChI=1S/C14H18N4O/c1-9(7-13(15)16)18(2)14-12-8-11(19)4-3-10(12)5-6-17-14/h3-6,8-9,19H,7H2,1-2H3,(H3,15,16). The average molecular weight is 258 g/mol. The van der Waals surface area contributed by atoms with E-state index in [0.717, 1.165) is 16.6 Å². The number of benzene rings is 1. The summed E-state index contributed by atoms with van der Waals surface area (Å²) < 4.78 is 0. The first-order chi connectivity index (χ1) is 8.99. The van der Waals surface area contributed by atoms with E-state index >= 15 is 0 Å². The predicted octanol–water partition coefficient (Wildman–Crippen LogP) is 2.09. The number of aromatic nitrogens is 1. The lowest BCUT2D eigenvalue weighted by Crippen LogP contribution is -2.33. The maximum atomic E-state index is 9.62. The van der Waals surface area contributed by atoms with Crippen molar-refractivity contribution < 1.29 is 5.11 Å². The fourth-order valence-electron chi connectivity index (χ4n) is 2.09. The number of nitrogens with two attached hydrogens (primary N) is 1. The van der Waals surface area contributed by atoms with Gasteiger partial charge in [0.2, 0.25) is 0 Å². The van der Waals surface area contributed by atoms with E-state index in [0.29, 0.717) is 6.42 Å². The normalized spacial score (nSPS) is 12.3. The second-order valence-corrected chi connectivity index (χ2v) is 4.73. The molecule has 0 saturated heterocycles. The number of nitrogens with zero attached hydrogens (tertiary/aromatic N) is 2. The molecule has 5 heteroatoms. The SMILES string of the molecule is CC(CC(=N)N)N(C)c1nccc2ccc(O)cc12. The molecule has 0 aliphatic heterocycles. The summed E-state index contributed by atoms with van der Waals surface area (Å²) in [6.07, 6.45) is 2.22. The van der Waals surface area contributed by atoms with Crippen LogP contribution in [0.3, 0.4) is 0 Å². The molecule has 0 radical (unpaired) electrons. The summed E-state index contributed by atoms with van der Waals surface area (Å²) in [5.41, 5.74) is 5.44. The molecule has 0 fully saturated rings. The first-order valence-corrected chi connectivity index (χ1v) is 6.12. The van der Waals surface area contributed by atoms with Crippen molar-refractivity contribution in [2.24, 2.45) is 5.73 Å². The van der Waals surface area contributed by atoms with Gasteiger partial charge in [-0.25, -0.2) is 4.98 Å². The maximum Gasteiger partial charge on any atom is 0.136 e. The summed E-state index contributed by atoms with van der Waals surface area (Å²) >= 11 is 0. The molecular weight excluding hydrogens is 240 g/mol. The van der Waals surface area contributed by atoms with Gasteiger partial charge in [0.25, 0.3) is 0 Å². The van der Waals surface area contributed by atoms with E-state index in [9.17, 15) is 5.11 Å². The summed E-state index contributed by atoms with van der Waals surface area (Å²) in [5, 5.41) is 18.9. The van der Waals surface area contributed by atoms with E-state index in [1.807, 2.05) is 31.0 Å². The van der Waals surface area contributed by atoms with Crippen LogP contribution in [0.1, 0.15) is 13.3 Å². The number of nitrogens with one attached hydrogen (secondary N) is 1. The summed E-state index contributed by atoms with van der Waals surface area (Å²) in [6, 6.07) is 7.19. The lowest BCUT2D eigenvalue weighted by molar-refractivity contribution is 0.476. The topological polar surface area (TPSA) is 86.2 Å². The molecular formula is C14H18N4O. The highest BCUT2D eigenvalue weighted by atomic mass is 16.3. The Labute approximate surface area is 112 Å². The fourth-order valence-corrected chi connectivity index (χ4v) is 2.09. The summed E-state index contributed by atoms with van der Waals surface area (Å²) in [4.78, 5) is 6.36. The minimum Gasteiger partial charge on any atom is -0.508 e. The average Bonchev–Trinajstić information content (AvgIpc) is 2.36. The molecule has 2 rings (SSSR count). The van der Waals surface area contributed by atoms with Crippen LogP contribution in [0, 0.1) is 5.41 Å². The van der Waals surface area contributed by atoms with Crippen LogP contribution in [0.4, 0.5) is 5.82 Å². The minimum absolute atomic E-state index is 0.0675. The van der Waals surface area contributed by atoms with Crippen LogP contribution >= 0.6 is 0 Å². The van der Waals surface area contributed by atoms with Crippen LogP contribution in [-0.2, 0) is 0 Å². The number of anilines is 1. The summed E-state index contributed by atoms with van der Waals surface area (Å²) in [5.74, 6) is 1.15. The molecule has 0 amide bonds. The third-order valence-corrected chi connectivity index (χ3v) is 3.24. The lowest BCUT2D eigenvalue weighted by atomic mass is 10.1. The Kier molecular flexibility index (Phi) is 3.55. The Bertz CT molecular complexity index is 611. The van der Waals surface area contributed by atoms with E-state index in [1.54, 1.807) is 18.3 Å². The second kappa shape index (κ2) is 5.14. The third-order valence-electron chi connectivity index (χ3n) is 3.24. The lowest BCUT2D eigenvalue weighted by Gasteiger charge is -2.26. The van der Waals surface area contributed by atoms with Gasteiger partial charge in [0.15, 0.2) is 0 Å². The van der Waals surface area contributed by atoms with Crippen molar-refractivity contribution in [1.82, 2.24) is 4.98 Å². The van der Waals surface area contributed by atoms with Crippen molar-refractivity contribution in [3.05, 3.63) is 30.5 Å². The largest absolute Gasteiger partial charge is 0.508 e. The highest BCUT2D eigenvalue weighted by molar-refractivity contribution is 5.93. The molecule has 100 valence electrons. The molecule has 0 bridgehead atoms. The Morgan fingerprint density at radius 2 is 2.21 bits per heavy atom. The van der Waals surface area contributed by atoms with Crippen molar-refractivity contribution in [3.8, 4) is 5.75 Å². The van der Waals surface area contributed by atoms with E-state index in [1.165, 1.54) is 0 Å². The van der Waals surface area contributed by atoms with Crippen LogP contribution in [0.15, 0.2) is 30.5 Å². The van der Waals surface area contributed by atoms with Crippen molar-refractivity contribution in [2.75, 3.05) is 11.9 Å². The Morgan fingerprint density at radius 1 is 1.47 bits per heavy atom. The minimum atomic E-state index is 0.0675. The summed E-state index contributed by atoms with van der Waals surface area (Å²) in [7, 11) is 1.92. The monoisotopic (exact) mass is 258 g/mol. The van der Waals surface area contributed by atoms with Crippen LogP contribution in [-0.4, -0.2) is 29.0 Å². The number of phenols is 1. The van der Waals surface area contributed by atoms with Crippen LogP contribution in [0.25, 0.3) is 10.8 Å². The van der Waals surface area contributed by atoms with E-state index in [2.05, 4.69) is 4.98 Å². The molecule has 1 aromatic heterocycles. The Hall–Kier alpha value is -2.30. The van der Waals surface area contributed by atoms with Gasteiger partial charge < -0.3 is 15.7 Å². The number of aromatic hydroxyl groups is 1. The number of amidine groups is 1. The van der Waals surface area contributed by atoms with Gasteiger partial charge in [-0.05, 0) is 30.5 Å². The molecule has 0 aliphatic rings. The number of phenolic OH excluding ortho intramolecular Hbond substituents is 1. The molecule has 0 aliphatic carbocycles. The van der Waals surface area contributed by atoms with Gasteiger partial charge in [-0.3, -0.25) is 5.41 Å². The van der Waals surface area contributed by atoms with Crippen LogP contribution in [0.2, 0.25) is 0 Å². The highest BCUT2D eigenvalue weighted by Crippen LogP contribution is 2.28. The van der Waals surface area contributed by atoms with E-state index in [-0.39, 0.29) is 17.6 Å². The van der Waals surface area contributed by atoms with Gasteiger partial charge in [0, 0.05) is 31.1 Å². The number of fused-ring (bicyclic) bond motifs is 1. The van der Waals surface area contributed by atoms with Gasteiger partial charge in [-0.2, -0.15) is 0 Å². The van der Waals surface area contributed by atoms with Crippen molar-refractivity contribution in [1.29, 1.82) is 5.41 Å². The maximum absolute atomic E-state index is 9.62. The zero-order chi connectivity index (χ0) is 14.0. The van der Waals surface area contributed by atoms with Gasteiger partial charge in [-0.1, -0.05) is 6.07 Å². The summed E-state index contributed by atoms with van der Waals surface area (Å²) in [6.45, 7) is 1.99. The molecule has 0 saturated carbocycles. The predicted molar refractivity (Wildman–Crippen MR) is 77.8 cm³/mol. The van der Waals surface area contributed by atoms with Crippen LogP contribution < -0.4 is 10.6 Å². The quantitative estimate of drug-likeness (QED) is 0.579. The first kappa shape index (κ1) is 13.1. The molecule has 19 heavy (non-hydrogen) atoms. The molecule has 1 heterocycles. The number of rotatable bonds is 4. The van der Waals surface area contributed by atoms with E-state index in [4.69, 9.17) is 11.1 Å². The Balaban J connectivity index is 2.44. The molecule has 1 atom stereocenters. The zero-order valence-electron chi connectivity index (χ0n) is 11.1. The van der Waals surface area contributed by atoms with Gasteiger partial charge in [0.1, 0.15) is 11.6 Å². The van der Waals surface area contributed by atoms with E-state index < -0.39 is 0 Å². The zero-order valence-corrected chi connectivity index (χ0v) is 11.1. The van der Waals surface area contributed by atoms with Crippen molar-refractivity contribution >= 4 is 22.4 Å². The van der Waals surface area contributed by atoms with Crippen molar-refractivity contribution in [3.63, 3.8) is 0 Å². The first-order valence-electron chi connectivity index (χ1n) is 6.12. The molecule has 1 unspecified atom stereocenters. The molecule has 0 spiro atoms. The third kappa shape index (κ3) is 2.76. The molecule has 4 N–H and O–H groups in total. The van der Waals surface area contributed by atoms with Gasteiger partial charge >= 0.3 is 0 Å². The number of hydrogen-bond donors (Lipinski definition) is 3. The highest BCUT2D eigenvalue weighted by Gasteiger charge is 2.15. The van der Waals surface area contributed by atoms with Gasteiger partial charge in [0.05, 0.1) is 5.84 Å². The van der Waals surface area contributed by atoms with Crippen LogP contribution in [0.5, 0.6) is 5.75 Å².